The third-order valence-electron chi connectivity index (χ3n) is 2.74. The number of halogens is 2. The standard InChI is InChI=1S/C13H19Cl2N/c1-4-16-12(9(2)3)8-10-6-5-7-11(14)13(10)15/h5-7,9,12,16H,4,8H2,1-3H3. The lowest BCUT2D eigenvalue weighted by atomic mass is 9.96. The van der Waals surface area contributed by atoms with Crippen molar-refractivity contribution < 1.29 is 0 Å². The molecule has 0 fully saturated rings. The second-order valence-electron chi connectivity index (χ2n) is 4.33. The van der Waals surface area contributed by atoms with E-state index in [2.05, 4.69) is 26.1 Å². The average Bonchev–Trinajstić information content (AvgIpc) is 2.23. The maximum absolute atomic E-state index is 6.18. The third-order valence-corrected chi connectivity index (χ3v) is 3.60. The maximum Gasteiger partial charge on any atom is 0.0624 e. The highest BCUT2D eigenvalue weighted by molar-refractivity contribution is 6.42. The Morgan fingerprint density at radius 1 is 1.25 bits per heavy atom. The Morgan fingerprint density at radius 3 is 2.50 bits per heavy atom. The zero-order chi connectivity index (χ0) is 12.1. The van der Waals surface area contributed by atoms with E-state index < -0.39 is 0 Å². The topological polar surface area (TPSA) is 12.0 Å². The molecule has 16 heavy (non-hydrogen) atoms. The fraction of sp³-hybridized carbons (Fsp3) is 0.538. The van der Waals surface area contributed by atoms with Crippen molar-refractivity contribution >= 4 is 23.2 Å². The van der Waals surface area contributed by atoms with E-state index in [0.717, 1.165) is 18.5 Å². The molecule has 3 heteroatoms. The highest BCUT2D eigenvalue weighted by Gasteiger charge is 2.15. The summed E-state index contributed by atoms with van der Waals surface area (Å²) in [4.78, 5) is 0. The molecule has 0 amide bonds. The Balaban J connectivity index is 2.81. The van der Waals surface area contributed by atoms with E-state index in [0.29, 0.717) is 22.0 Å². The van der Waals surface area contributed by atoms with Crippen LogP contribution < -0.4 is 5.32 Å². The molecule has 0 radical (unpaired) electrons. The van der Waals surface area contributed by atoms with Crippen molar-refractivity contribution in [3.8, 4) is 0 Å². The average molecular weight is 260 g/mol. The summed E-state index contributed by atoms with van der Waals surface area (Å²) in [7, 11) is 0. The van der Waals surface area contributed by atoms with E-state index in [4.69, 9.17) is 23.2 Å². The van der Waals surface area contributed by atoms with Crippen molar-refractivity contribution in [1.29, 1.82) is 0 Å². The van der Waals surface area contributed by atoms with Gasteiger partial charge >= 0.3 is 0 Å². The lowest BCUT2D eigenvalue weighted by Crippen LogP contribution is -2.35. The minimum atomic E-state index is 0.445. The Kier molecular flexibility index (Phi) is 5.60. The van der Waals surface area contributed by atoms with Crippen LogP contribution in [-0.4, -0.2) is 12.6 Å². The fourth-order valence-corrected chi connectivity index (χ4v) is 2.15. The molecule has 90 valence electrons. The van der Waals surface area contributed by atoms with Crippen LogP contribution in [0.3, 0.4) is 0 Å². The molecule has 0 bridgehead atoms. The van der Waals surface area contributed by atoms with Gasteiger partial charge in [-0.2, -0.15) is 0 Å². The largest absolute Gasteiger partial charge is 0.314 e. The molecule has 1 N–H and O–H groups in total. The lowest BCUT2D eigenvalue weighted by Gasteiger charge is -2.22. The minimum Gasteiger partial charge on any atom is -0.314 e. The van der Waals surface area contributed by atoms with Gasteiger partial charge in [0.2, 0.25) is 0 Å². The van der Waals surface area contributed by atoms with Crippen LogP contribution in [0.1, 0.15) is 26.3 Å². The molecular weight excluding hydrogens is 241 g/mol. The van der Waals surface area contributed by atoms with Crippen LogP contribution in [0.25, 0.3) is 0 Å². The number of nitrogens with one attached hydrogen (secondary N) is 1. The molecule has 0 heterocycles. The fourth-order valence-electron chi connectivity index (χ4n) is 1.75. The Hall–Kier alpha value is -0.240. The van der Waals surface area contributed by atoms with Crippen molar-refractivity contribution in [3.63, 3.8) is 0 Å². The maximum atomic E-state index is 6.18. The molecular formula is C13H19Cl2N. The van der Waals surface area contributed by atoms with Crippen molar-refractivity contribution in [1.82, 2.24) is 5.32 Å². The van der Waals surface area contributed by atoms with E-state index in [1.165, 1.54) is 0 Å². The van der Waals surface area contributed by atoms with Gasteiger partial charge in [0.05, 0.1) is 10.0 Å². The molecule has 0 saturated heterocycles. The molecule has 1 nitrogen and oxygen atoms in total. The van der Waals surface area contributed by atoms with Crippen LogP contribution in [0.4, 0.5) is 0 Å². The van der Waals surface area contributed by atoms with Crippen LogP contribution in [-0.2, 0) is 6.42 Å². The second-order valence-corrected chi connectivity index (χ2v) is 5.11. The normalized spacial score (nSPS) is 13.1. The van der Waals surface area contributed by atoms with E-state index in [9.17, 15) is 0 Å². The molecule has 0 aliphatic rings. The van der Waals surface area contributed by atoms with Gasteiger partial charge in [0.15, 0.2) is 0 Å². The number of benzene rings is 1. The predicted octanol–water partition coefficient (Wildman–Crippen LogP) is 4.17. The first kappa shape index (κ1) is 13.8. The van der Waals surface area contributed by atoms with E-state index in [1.54, 1.807) is 0 Å². The number of rotatable bonds is 5. The first-order chi connectivity index (χ1) is 7.56. The summed E-state index contributed by atoms with van der Waals surface area (Å²) < 4.78 is 0. The van der Waals surface area contributed by atoms with Gasteiger partial charge in [-0.15, -0.1) is 0 Å². The van der Waals surface area contributed by atoms with Crippen molar-refractivity contribution in [2.24, 2.45) is 5.92 Å². The molecule has 0 spiro atoms. The molecule has 1 aromatic carbocycles. The number of hydrogen-bond donors (Lipinski definition) is 1. The van der Waals surface area contributed by atoms with Gasteiger partial charge in [0.25, 0.3) is 0 Å². The third kappa shape index (κ3) is 3.65. The summed E-state index contributed by atoms with van der Waals surface area (Å²) in [6, 6.07) is 6.26. The molecule has 0 aliphatic heterocycles. The predicted molar refractivity (Wildman–Crippen MR) is 72.5 cm³/mol. The monoisotopic (exact) mass is 259 g/mol. The first-order valence-corrected chi connectivity index (χ1v) is 6.48. The van der Waals surface area contributed by atoms with E-state index >= 15 is 0 Å². The van der Waals surface area contributed by atoms with Crippen LogP contribution in [0.5, 0.6) is 0 Å². The van der Waals surface area contributed by atoms with Crippen LogP contribution in [0, 0.1) is 5.92 Å². The minimum absolute atomic E-state index is 0.445. The van der Waals surface area contributed by atoms with Crippen LogP contribution >= 0.6 is 23.2 Å². The summed E-state index contributed by atoms with van der Waals surface area (Å²) in [5.41, 5.74) is 1.12. The first-order valence-electron chi connectivity index (χ1n) is 5.72. The van der Waals surface area contributed by atoms with E-state index in [-0.39, 0.29) is 0 Å². The van der Waals surface area contributed by atoms with Gasteiger partial charge < -0.3 is 5.32 Å². The smallest absolute Gasteiger partial charge is 0.0624 e. The quantitative estimate of drug-likeness (QED) is 0.837. The van der Waals surface area contributed by atoms with Gasteiger partial charge in [-0.3, -0.25) is 0 Å². The number of hydrogen-bond acceptors (Lipinski definition) is 1. The molecule has 0 aliphatic carbocycles. The van der Waals surface area contributed by atoms with E-state index in [1.807, 2.05) is 18.2 Å². The summed E-state index contributed by atoms with van der Waals surface area (Å²) in [5, 5.41) is 4.80. The molecule has 0 aromatic heterocycles. The summed E-state index contributed by atoms with van der Waals surface area (Å²) in [6.45, 7) is 7.52. The zero-order valence-electron chi connectivity index (χ0n) is 10.1. The van der Waals surface area contributed by atoms with Gasteiger partial charge in [-0.1, -0.05) is 56.1 Å². The highest BCUT2D eigenvalue weighted by Crippen LogP contribution is 2.27. The highest BCUT2D eigenvalue weighted by atomic mass is 35.5. The Morgan fingerprint density at radius 2 is 1.94 bits per heavy atom. The summed E-state index contributed by atoms with van der Waals surface area (Å²) >= 11 is 12.2. The molecule has 1 atom stereocenters. The Bertz CT molecular complexity index is 337. The van der Waals surface area contributed by atoms with Gasteiger partial charge in [0, 0.05) is 6.04 Å². The molecule has 1 aromatic rings. The van der Waals surface area contributed by atoms with Crippen LogP contribution in [0.2, 0.25) is 10.0 Å². The van der Waals surface area contributed by atoms with Crippen molar-refractivity contribution in [2.45, 2.75) is 33.2 Å². The molecule has 0 saturated carbocycles. The number of likely N-dealkylation sites (N-methyl/N-ethyl adjacent to an activating group) is 1. The van der Waals surface area contributed by atoms with Crippen LogP contribution in [0.15, 0.2) is 18.2 Å². The Labute approximate surface area is 108 Å². The summed E-state index contributed by atoms with van der Waals surface area (Å²) in [5.74, 6) is 0.579. The molecule has 1 rings (SSSR count). The van der Waals surface area contributed by atoms with Crippen molar-refractivity contribution in [3.05, 3.63) is 33.8 Å². The SMILES string of the molecule is CCNC(Cc1cccc(Cl)c1Cl)C(C)C. The second kappa shape index (κ2) is 6.48. The van der Waals surface area contributed by atoms with Crippen molar-refractivity contribution in [2.75, 3.05) is 6.54 Å². The zero-order valence-corrected chi connectivity index (χ0v) is 11.6. The summed E-state index contributed by atoms with van der Waals surface area (Å²) in [6.07, 6.45) is 0.922. The van der Waals surface area contributed by atoms with Gasteiger partial charge in [-0.05, 0) is 30.5 Å². The molecule has 1 unspecified atom stereocenters. The lowest BCUT2D eigenvalue weighted by molar-refractivity contribution is 0.405. The van der Waals surface area contributed by atoms with Gasteiger partial charge in [-0.25, -0.2) is 0 Å². The van der Waals surface area contributed by atoms with Gasteiger partial charge in [0.1, 0.15) is 0 Å².